The van der Waals surface area contributed by atoms with Crippen LogP contribution in [0.2, 0.25) is 0 Å². The third kappa shape index (κ3) is 3.37. The Kier molecular flexibility index (Phi) is 4.56. The molecular formula is C21H36O4. The topological polar surface area (TPSA) is 59.1 Å². The van der Waals surface area contributed by atoms with Crippen LogP contribution in [0.1, 0.15) is 80.1 Å². The fraction of sp³-hybridized carbons (Fsp3) is 0.952. The van der Waals surface area contributed by atoms with Crippen LogP contribution in [0.25, 0.3) is 0 Å². The summed E-state index contributed by atoms with van der Waals surface area (Å²) in [5, 5.41) is 11.0. The number of carbonyl (C=O) groups is 1. The highest BCUT2D eigenvalue weighted by molar-refractivity contribution is 5.66. The number of hydrogen-bond acceptors (Lipinski definition) is 4. The molecule has 1 aliphatic heterocycles. The van der Waals surface area contributed by atoms with E-state index < -0.39 is 11.2 Å². The van der Waals surface area contributed by atoms with E-state index in [2.05, 4.69) is 27.7 Å². The van der Waals surface area contributed by atoms with Gasteiger partial charge in [0.25, 0.3) is 0 Å². The van der Waals surface area contributed by atoms with Crippen LogP contribution >= 0.6 is 0 Å². The molecule has 2 saturated carbocycles. The van der Waals surface area contributed by atoms with Crippen molar-refractivity contribution in [3.8, 4) is 0 Å². The van der Waals surface area contributed by atoms with E-state index in [9.17, 15) is 9.90 Å². The van der Waals surface area contributed by atoms with Gasteiger partial charge in [0.05, 0.1) is 12.2 Å². The van der Waals surface area contributed by atoms with Gasteiger partial charge in [-0.3, -0.25) is 4.79 Å². The first-order valence-electron chi connectivity index (χ1n) is 9.94. The Morgan fingerprint density at radius 2 is 1.88 bits per heavy atom. The molecule has 0 bridgehead atoms. The second kappa shape index (κ2) is 5.95. The zero-order valence-electron chi connectivity index (χ0n) is 16.9. The monoisotopic (exact) mass is 352 g/mol. The van der Waals surface area contributed by atoms with Crippen molar-refractivity contribution in [1.82, 2.24) is 0 Å². The number of aliphatic hydroxyl groups is 1. The first-order chi connectivity index (χ1) is 11.4. The fourth-order valence-electron chi connectivity index (χ4n) is 6.46. The van der Waals surface area contributed by atoms with Crippen LogP contribution in [0.3, 0.4) is 0 Å². The van der Waals surface area contributed by atoms with E-state index in [0.717, 1.165) is 19.3 Å². The summed E-state index contributed by atoms with van der Waals surface area (Å²) in [6.07, 6.45) is 6.12. The Morgan fingerprint density at radius 1 is 1.24 bits per heavy atom. The van der Waals surface area contributed by atoms with E-state index >= 15 is 0 Å². The first-order valence-corrected chi connectivity index (χ1v) is 9.94. The molecule has 3 fully saturated rings. The van der Waals surface area contributed by atoms with Crippen molar-refractivity contribution in [2.75, 3.05) is 6.61 Å². The third-order valence-electron chi connectivity index (χ3n) is 7.76. The van der Waals surface area contributed by atoms with Gasteiger partial charge in [-0.05, 0) is 62.7 Å². The second-order valence-electron chi connectivity index (χ2n) is 10.3. The predicted octanol–water partition coefficient (Wildman–Crippen LogP) is 4.09. The number of hydrogen-bond donors (Lipinski definition) is 1. The van der Waals surface area contributed by atoms with Gasteiger partial charge < -0.3 is 14.6 Å². The van der Waals surface area contributed by atoms with E-state index in [4.69, 9.17) is 9.47 Å². The van der Waals surface area contributed by atoms with Crippen LogP contribution < -0.4 is 0 Å². The number of fused-ring (bicyclic) bond motifs is 1. The van der Waals surface area contributed by atoms with Crippen molar-refractivity contribution in [1.29, 1.82) is 0 Å². The molecule has 2 aliphatic carbocycles. The van der Waals surface area contributed by atoms with E-state index in [-0.39, 0.29) is 23.4 Å². The first kappa shape index (κ1) is 19.2. The molecule has 4 heteroatoms. The van der Waals surface area contributed by atoms with Gasteiger partial charge in [-0.25, -0.2) is 0 Å². The van der Waals surface area contributed by atoms with Crippen LogP contribution in [0.4, 0.5) is 0 Å². The van der Waals surface area contributed by atoms with Crippen molar-refractivity contribution in [3.05, 3.63) is 0 Å². The highest BCUT2D eigenvalue weighted by atomic mass is 16.6. The molecule has 0 spiro atoms. The summed E-state index contributed by atoms with van der Waals surface area (Å²) in [4.78, 5) is 11.9. The Morgan fingerprint density at radius 3 is 2.44 bits per heavy atom. The summed E-state index contributed by atoms with van der Waals surface area (Å²) in [6.45, 7) is 13.3. The number of ether oxygens (including phenoxy) is 2. The summed E-state index contributed by atoms with van der Waals surface area (Å²) in [7, 11) is 0. The van der Waals surface area contributed by atoms with E-state index in [0.29, 0.717) is 24.4 Å². The number of epoxide rings is 1. The van der Waals surface area contributed by atoms with E-state index in [1.54, 1.807) is 0 Å². The van der Waals surface area contributed by atoms with E-state index in [1.165, 1.54) is 19.8 Å². The molecule has 144 valence electrons. The van der Waals surface area contributed by atoms with Crippen LogP contribution in [-0.2, 0) is 14.3 Å². The Bertz CT molecular complexity index is 536. The van der Waals surface area contributed by atoms with Crippen molar-refractivity contribution >= 4 is 5.97 Å². The summed E-state index contributed by atoms with van der Waals surface area (Å²) in [6, 6.07) is 0. The molecule has 0 aromatic heterocycles. The molecule has 3 rings (SSSR count). The molecule has 1 heterocycles. The average Bonchev–Trinajstić information content (AvgIpc) is 3.26. The Hall–Kier alpha value is -0.610. The van der Waals surface area contributed by atoms with Crippen LogP contribution in [0.15, 0.2) is 0 Å². The number of rotatable bonds is 4. The zero-order valence-corrected chi connectivity index (χ0v) is 16.9. The summed E-state index contributed by atoms with van der Waals surface area (Å²) < 4.78 is 11.3. The van der Waals surface area contributed by atoms with Crippen molar-refractivity contribution < 1.29 is 19.4 Å². The smallest absolute Gasteiger partial charge is 0.303 e. The van der Waals surface area contributed by atoms with Crippen LogP contribution in [-0.4, -0.2) is 35.0 Å². The summed E-state index contributed by atoms with van der Waals surface area (Å²) >= 11 is 0. The third-order valence-corrected chi connectivity index (χ3v) is 7.76. The average molecular weight is 353 g/mol. The van der Waals surface area contributed by atoms with E-state index in [1.807, 2.05) is 6.92 Å². The van der Waals surface area contributed by atoms with Gasteiger partial charge in [0, 0.05) is 12.8 Å². The molecule has 1 saturated heterocycles. The minimum absolute atomic E-state index is 0.0725. The largest absolute Gasteiger partial charge is 0.459 e. The van der Waals surface area contributed by atoms with Gasteiger partial charge in [0.1, 0.15) is 11.7 Å². The van der Waals surface area contributed by atoms with Gasteiger partial charge in [0.15, 0.2) is 0 Å². The molecule has 0 radical (unpaired) electrons. The molecule has 3 aliphatic rings. The molecule has 0 aromatic carbocycles. The van der Waals surface area contributed by atoms with Gasteiger partial charge in [0.2, 0.25) is 0 Å². The molecule has 6 atom stereocenters. The van der Waals surface area contributed by atoms with Crippen molar-refractivity contribution in [2.24, 2.45) is 22.7 Å². The minimum Gasteiger partial charge on any atom is -0.459 e. The maximum atomic E-state index is 11.9. The highest BCUT2D eigenvalue weighted by Gasteiger charge is 2.61. The lowest BCUT2D eigenvalue weighted by atomic mass is 9.44. The predicted molar refractivity (Wildman–Crippen MR) is 97.1 cm³/mol. The number of esters is 1. The maximum absolute atomic E-state index is 11.9. The SMILES string of the molecule is CC(=O)O[C@]1(C)CC[C@H]2C(C)(C)CCC[C@]2(C)[C@H]1CC(C)(O)C1CO1. The van der Waals surface area contributed by atoms with Crippen molar-refractivity contribution in [2.45, 2.75) is 97.4 Å². The number of carbonyl (C=O) groups excluding carboxylic acids is 1. The molecular weight excluding hydrogens is 316 g/mol. The molecule has 2 unspecified atom stereocenters. The Balaban J connectivity index is 1.98. The molecule has 0 amide bonds. The van der Waals surface area contributed by atoms with Gasteiger partial charge in [-0.1, -0.05) is 27.2 Å². The lowest BCUT2D eigenvalue weighted by Gasteiger charge is -2.62. The normalized spacial score (nSPS) is 45.2. The fourth-order valence-corrected chi connectivity index (χ4v) is 6.46. The quantitative estimate of drug-likeness (QED) is 0.611. The summed E-state index contributed by atoms with van der Waals surface area (Å²) in [5.41, 5.74) is -1.00. The molecule has 0 aromatic rings. The Labute approximate surface area is 152 Å². The van der Waals surface area contributed by atoms with Crippen LogP contribution in [0, 0.1) is 22.7 Å². The van der Waals surface area contributed by atoms with Crippen molar-refractivity contribution in [3.63, 3.8) is 0 Å². The van der Waals surface area contributed by atoms with Gasteiger partial charge in [-0.15, -0.1) is 0 Å². The van der Waals surface area contributed by atoms with Gasteiger partial charge >= 0.3 is 5.97 Å². The molecule has 25 heavy (non-hydrogen) atoms. The molecule has 1 N–H and O–H groups in total. The highest BCUT2D eigenvalue weighted by Crippen LogP contribution is 2.64. The van der Waals surface area contributed by atoms with Crippen LogP contribution in [0.5, 0.6) is 0 Å². The zero-order chi connectivity index (χ0) is 18.7. The summed E-state index contributed by atoms with van der Waals surface area (Å²) in [5.74, 6) is 0.520. The molecule has 4 nitrogen and oxygen atoms in total. The lowest BCUT2D eigenvalue weighted by Crippen LogP contribution is -2.60. The second-order valence-corrected chi connectivity index (χ2v) is 10.3. The maximum Gasteiger partial charge on any atom is 0.303 e. The standard InChI is InChI=1S/C21H36O4/c1-14(22)25-21(6)11-8-15-18(2,3)9-7-10-19(15,4)16(21)12-20(5,23)17-13-24-17/h15-17,23H,7-13H2,1-6H3/t15-,16+,17?,19-,20?,21+/m0/s1. The minimum atomic E-state index is -0.863. The lowest BCUT2D eigenvalue weighted by molar-refractivity contribution is -0.208. The van der Waals surface area contributed by atoms with Gasteiger partial charge in [-0.2, -0.15) is 0 Å².